The van der Waals surface area contributed by atoms with Crippen LogP contribution in [0.25, 0.3) is 0 Å². The van der Waals surface area contributed by atoms with Crippen LogP contribution in [0.2, 0.25) is 6.04 Å². The summed E-state index contributed by atoms with van der Waals surface area (Å²) in [6, 6.07) is 1.48. The van der Waals surface area contributed by atoms with Crippen molar-refractivity contribution in [3.8, 4) is 0 Å². The van der Waals surface area contributed by atoms with Gasteiger partial charge in [-0.15, -0.1) is 0 Å². The standard InChI is InChI=1S/C11H25NSi/c1-6-7-8-13-11(10(2)3)9-12(4)5/h9-10H,6-8,13H2,1-5H3. The molecule has 0 aliphatic heterocycles. The molecule has 13 heavy (non-hydrogen) atoms. The van der Waals surface area contributed by atoms with Gasteiger partial charge in [0, 0.05) is 14.1 Å². The fourth-order valence-corrected chi connectivity index (χ4v) is 3.64. The second-order valence-corrected chi connectivity index (χ2v) is 6.30. The fraction of sp³-hybridized carbons (Fsp3) is 0.818. The Morgan fingerprint density at radius 1 is 1.38 bits per heavy atom. The minimum Gasteiger partial charge on any atom is -0.384 e. The fourth-order valence-electron chi connectivity index (χ4n) is 1.41. The molecule has 0 saturated heterocycles. The van der Waals surface area contributed by atoms with E-state index in [0.717, 1.165) is 5.92 Å². The molecule has 0 aromatic carbocycles. The first-order valence-corrected chi connectivity index (χ1v) is 7.15. The Labute approximate surface area is 86.0 Å². The van der Waals surface area contributed by atoms with Gasteiger partial charge in [-0.25, -0.2) is 0 Å². The third kappa shape index (κ3) is 6.88. The Bertz CT molecular complexity index is 150. The van der Waals surface area contributed by atoms with Crippen LogP contribution >= 0.6 is 0 Å². The van der Waals surface area contributed by atoms with Crippen molar-refractivity contribution in [3.05, 3.63) is 11.4 Å². The molecule has 78 valence electrons. The lowest BCUT2D eigenvalue weighted by Gasteiger charge is -2.14. The Morgan fingerprint density at radius 2 is 2.00 bits per heavy atom. The van der Waals surface area contributed by atoms with Crippen molar-refractivity contribution in [2.45, 2.75) is 39.7 Å². The Balaban J connectivity index is 3.95. The van der Waals surface area contributed by atoms with Crippen LogP contribution in [-0.4, -0.2) is 28.5 Å². The van der Waals surface area contributed by atoms with Gasteiger partial charge in [-0.05, 0) is 12.1 Å². The summed E-state index contributed by atoms with van der Waals surface area (Å²) in [6.07, 6.45) is 5.11. The van der Waals surface area contributed by atoms with Gasteiger partial charge in [0.25, 0.3) is 0 Å². The molecule has 0 unspecified atom stereocenters. The number of hydrogen-bond donors (Lipinski definition) is 0. The zero-order chi connectivity index (χ0) is 10.3. The van der Waals surface area contributed by atoms with Crippen LogP contribution in [0.5, 0.6) is 0 Å². The zero-order valence-corrected chi connectivity index (χ0v) is 11.3. The van der Waals surface area contributed by atoms with Crippen molar-refractivity contribution >= 4 is 9.52 Å². The third-order valence-corrected chi connectivity index (χ3v) is 4.66. The van der Waals surface area contributed by atoms with E-state index in [9.17, 15) is 0 Å². The highest BCUT2D eigenvalue weighted by Crippen LogP contribution is 2.11. The Hall–Kier alpha value is -0.243. The number of nitrogens with zero attached hydrogens (tertiary/aromatic N) is 1. The van der Waals surface area contributed by atoms with Gasteiger partial charge in [0.05, 0.1) is 9.52 Å². The summed E-state index contributed by atoms with van der Waals surface area (Å²) < 4.78 is 0. The van der Waals surface area contributed by atoms with E-state index in [4.69, 9.17) is 0 Å². The zero-order valence-electron chi connectivity index (χ0n) is 9.93. The van der Waals surface area contributed by atoms with Crippen molar-refractivity contribution in [3.63, 3.8) is 0 Å². The number of hydrogen-bond acceptors (Lipinski definition) is 1. The van der Waals surface area contributed by atoms with Gasteiger partial charge in [-0.3, -0.25) is 0 Å². The lowest BCUT2D eigenvalue weighted by molar-refractivity contribution is 0.553. The smallest absolute Gasteiger partial charge is 0.0518 e. The summed E-state index contributed by atoms with van der Waals surface area (Å²) in [5.74, 6) is 0.755. The molecule has 0 saturated carbocycles. The minimum atomic E-state index is 0.0435. The summed E-state index contributed by atoms with van der Waals surface area (Å²) in [7, 11) is 4.29. The molecule has 0 aromatic rings. The maximum atomic E-state index is 2.34. The highest BCUT2D eigenvalue weighted by atomic mass is 28.2. The second-order valence-electron chi connectivity index (χ2n) is 4.28. The van der Waals surface area contributed by atoms with E-state index >= 15 is 0 Å². The van der Waals surface area contributed by atoms with Crippen molar-refractivity contribution < 1.29 is 0 Å². The summed E-state index contributed by atoms with van der Waals surface area (Å²) >= 11 is 0. The molecule has 0 amide bonds. The lowest BCUT2D eigenvalue weighted by atomic mass is 10.2. The molecule has 0 N–H and O–H groups in total. The first-order valence-electron chi connectivity index (χ1n) is 5.45. The number of rotatable bonds is 6. The largest absolute Gasteiger partial charge is 0.384 e. The molecular weight excluding hydrogens is 174 g/mol. The van der Waals surface area contributed by atoms with E-state index in [1.54, 1.807) is 5.20 Å². The van der Waals surface area contributed by atoms with Crippen molar-refractivity contribution in [2.75, 3.05) is 14.1 Å². The van der Waals surface area contributed by atoms with Crippen molar-refractivity contribution in [1.29, 1.82) is 0 Å². The highest BCUT2D eigenvalue weighted by molar-refractivity contribution is 6.45. The molecule has 0 radical (unpaired) electrons. The molecule has 2 heteroatoms. The van der Waals surface area contributed by atoms with E-state index in [0.29, 0.717) is 0 Å². The molecule has 0 rings (SSSR count). The van der Waals surface area contributed by atoms with E-state index in [-0.39, 0.29) is 9.52 Å². The van der Waals surface area contributed by atoms with Crippen molar-refractivity contribution in [1.82, 2.24) is 4.90 Å². The summed E-state index contributed by atoms with van der Waals surface area (Å²) in [5, 5.41) is 1.72. The highest BCUT2D eigenvalue weighted by Gasteiger charge is 2.03. The first-order chi connectivity index (χ1) is 6.07. The van der Waals surface area contributed by atoms with Gasteiger partial charge in [-0.1, -0.05) is 44.9 Å². The SMILES string of the molecule is CCCC[SiH2]C(=CN(C)C)C(C)C. The molecule has 0 atom stereocenters. The second kappa shape index (κ2) is 7.19. The van der Waals surface area contributed by atoms with Gasteiger partial charge >= 0.3 is 0 Å². The normalized spacial score (nSPS) is 13.2. The quantitative estimate of drug-likeness (QED) is 0.469. The van der Waals surface area contributed by atoms with Gasteiger partial charge in [0.1, 0.15) is 0 Å². The van der Waals surface area contributed by atoms with Gasteiger partial charge < -0.3 is 4.90 Å². The molecule has 0 heterocycles. The predicted molar refractivity (Wildman–Crippen MR) is 64.9 cm³/mol. The van der Waals surface area contributed by atoms with E-state index in [1.807, 2.05) is 0 Å². The van der Waals surface area contributed by atoms with Crippen LogP contribution in [-0.2, 0) is 0 Å². The summed E-state index contributed by atoms with van der Waals surface area (Å²) in [5.41, 5.74) is 0. The van der Waals surface area contributed by atoms with Gasteiger partial charge in [-0.2, -0.15) is 0 Å². The van der Waals surface area contributed by atoms with E-state index in [2.05, 4.69) is 46.0 Å². The predicted octanol–water partition coefficient (Wildman–Crippen LogP) is 2.43. The third-order valence-electron chi connectivity index (χ3n) is 2.23. The molecule has 0 fully saturated rings. The molecule has 0 aliphatic rings. The maximum Gasteiger partial charge on any atom is 0.0518 e. The average molecular weight is 199 g/mol. The van der Waals surface area contributed by atoms with Crippen LogP contribution in [0.3, 0.4) is 0 Å². The van der Waals surface area contributed by atoms with E-state index < -0.39 is 0 Å². The van der Waals surface area contributed by atoms with Crippen molar-refractivity contribution in [2.24, 2.45) is 5.92 Å². The lowest BCUT2D eigenvalue weighted by Crippen LogP contribution is -2.10. The van der Waals surface area contributed by atoms with Crippen LogP contribution in [0.1, 0.15) is 33.6 Å². The molecular formula is C11H25NSi. The topological polar surface area (TPSA) is 3.24 Å². The Kier molecular flexibility index (Phi) is 7.05. The van der Waals surface area contributed by atoms with Gasteiger partial charge in [0.15, 0.2) is 0 Å². The monoisotopic (exact) mass is 199 g/mol. The molecule has 0 spiro atoms. The summed E-state index contributed by atoms with van der Waals surface area (Å²) in [4.78, 5) is 2.19. The van der Waals surface area contributed by atoms with E-state index in [1.165, 1.54) is 18.9 Å². The Morgan fingerprint density at radius 3 is 2.38 bits per heavy atom. The molecule has 0 aromatic heterocycles. The van der Waals surface area contributed by atoms with Crippen LogP contribution in [0.4, 0.5) is 0 Å². The van der Waals surface area contributed by atoms with Crippen LogP contribution in [0, 0.1) is 5.92 Å². The number of unbranched alkanes of at least 4 members (excludes halogenated alkanes) is 1. The van der Waals surface area contributed by atoms with Gasteiger partial charge in [0.2, 0.25) is 0 Å². The maximum absolute atomic E-state index is 2.34. The average Bonchev–Trinajstić information content (AvgIpc) is 2.02. The van der Waals surface area contributed by atoms with Crippen LogP contribution < -0.4 is 0 Å². The molecule has 0 bridgehead atoms. The minimum absolute atomic E-state index is 0.0435. The molecule has 1 nitrogen and oxygen atoms in total. The molecule has 0 aliphatic carbocycles. The summed E-state index contributed by atoms with van der Waals surface area (Å²) in [6.45, 7) is 6.90. The first kappa shape index (κ1) is 12.8. The van der Waals surface area contributed by atoms with Crippen LogP contribution in [0.15, 0.2) is 11.4 Å². The number of allylic oxidation sites excluding steroid dienone is 1.